The Kier molecular flexibility index (Phi) is 4.20. The van der Waals surface area contributed by atoms with Gasteiger partial charge in [0.2, 0.25) is 0 Å². The number of aryl methyl sites for hydroxylation is 1. The number of carboxylic acids is 2. The quantitative estimate of drug-likeness (QED) is 0.744. The van der Waals surface area contributed by atoms with Gasteiger partial charge in [-0.15, -0.1) is 0 Å². The summed E-state index contributed by atoms with van der Waals surface area (Å²) >= 11 is 0. The van der Waals surface area contributed by atoms with Gasteiger partial charge in [0.1, 0.15) is 11.7 Å². The summed E-state index contributed by atoms with van der Waals surface area (Å²) in [5.41, 5.74) is -0.434. The van der Waals surface area contributed by atoms with Crippen LogP contribution in [0.3, 0.4) is 0 Å². The molecule has 0 amide bonds. The van der Waals surface area contributed by atoms with Crippen LogP contribution in [0.15, 0.2) is 24.3 Å². The van der Waals surface area contributed by atoms with E-state index in [1.54, 1.807) is 24.3 Å². The van der Waals surface area contributed by atoms with Crippen LogP contribution in [0, 0.1) is 6.92 Å². The van der Waals surface area contributed by atoms with Gasteiger partial charge in [0.15, 0.2) is 0 Å². The first kappa shape index (κ1) is 13.9. The van der Waals surface area contributed by atoms with Gasteiger partial charge in [-0.25, -0.2) is 0 Å². The van der Waals surface area contributed by atoms with Crippen LogP contribution in [0.2, 0.25) is 0 Å². The van der Waals surface area contributed by atoms with E-state index in [0.29, 0.717) is 11.8 Å². The third kappa shape index (κ3) is 2.74. The average Bonchev–Trinajstić information content (AvgIpc) is 2.28. The molecular weight excluding hydrogens is 236 g/mol. The van der Waals surface area contributed by atoms with Crippen molar-refractivity contribution in [1.29, 1.82) is 0 Å². The molecule has 0 saturated heterocycles. The van der Waals surface area contributed by atoms with E-state index in [9.17, 15) is 19.5 Å². The van der Waals surface area contributed by atoms with Crippen LogP contribution >= 0.6 is 0 Å². The van der Waals surface area contributed by atoms with Gasteiger partial charge < -0.3 is 15.0 Å². The molecule has 0 aliphatic rings. The van der Waals surface area contributed by atoms with Crippen molar-refractivity contribution < 1.29 is 24.6 Å². The molecule has 0 aromatic heterocycles. The van der Waals surface area contributed by atoms with Gasteiger partial charge in [-0.2, -0.15) is 0 Å². The van der Waals surface area contributed by atoms with Crippen LogP contribution in [0.5, 0.6) is 0 Å². The molecule has 0 spiro atoms. The van der Waals surface area contributed by atoms with Crippen molar-refractivity contribution >= 4 is 18.2 Å². The van der Waals surface area contributed by atoms with Crippen molar-refractivity contribution in [1.82, 2.24) is 0 Å². The molecule has 0 bridgehead atoms. The summed E-state index contributed by atoms with van der Waals surface area (Å²) in [5, 5.41) is 18.2. The highest BCUT2D eigenvalue weighted by Crippen LogP contribution is 2.32. The zero-order chi connectivity index (χ0) is 13.8. The Labute approximate surface area is 104 Å². The molecule has 0 fully saturated rings. The third-order valence-electron chi connectivity index (χ3n) is 2.90. The van der Waals surface area contributed by atoms with E-state index in [1.807, 2.05) is 6.92 Å². The number of aliphatic carboxylic acids is 2. The normalized spacial score (nSPS) is 13.6. The minimum Gasteiger partial charge on any atom is -0.481 e. The Morgan fingerprint density at radius 1 is 1.22 bits per heavy atom. The van der Waals surface area contributed by atoms with Gasteiger partial charge in [-0.1, -0.05) is 29.8 Å². The molecule has 0 radical (unpaired) electrons. The molecule has 96 valence electrons. The summed E-state index contributed by atoms with van der Waals surface area (Å²) in [5.74, 6) is -2.55. The molecule has 1 unspecified atom stereocenters. The van der Waals surface area contributed by atoms with Crippen molar-refractivity contribution in [2.75, 3.05) is 0 Å². The lowest BCUT2D eigenvalue weighted by Gasteiger charge is -2.26. The number of carbonyl (C=O) groups is 3. The highest BCUT2D eigenvalue weighted by Gasteiger charge is 2.42. The SMILES string of the molecule is Cc1ccc(C(CC=O)(CC(=O)O)C(=O)O)cc1. The monoisotopic (exact) mass is 250 g/mol. The summed E-state index contributed by atoms with van der Waals surface area (Å²) in [6, 6.07) is 6.49. The number of benzene rings is 1. The Balaban J connectivity index is 3.32. The molecule has 0 heterocycles. The Morgan fingerprint density at radius 3 is 2.17 bits per heavy atom. The summed E-state index contributed by atoms with van der Waals surface area (Å²) < 4.78 is 0. The van der Waals surface area contributed by atoms with Gasteiger partial charge in [0.25, 0.3) is 0 Å². The van der Waals surface area contributed by atoms with Crippen molar-refractivity contribution in [2.24, 2.45) is 0 Å². The number of carboxylic acid groups (broad SMARTS) is 2. The zero-order valence-corrected chi connectivity index (χ0v) is 9.92. The molecule has 1 atom stereocenters. The topological polar surface area (TPSA) is 91.7 Å². The predicted octanol–water partition coefficient (Wildman–Crippen LogP) is 1.38. The molecule has 5 heteroatoms. The van der Waals surface area contributed by atoms with Crippen LogP contribution in [0.1, 0.15) is 24.0 Å². The molecule has 0 aliphatic heterocycles. The molecule has 0 saturated carbocycles. The molecule has 1 rings (SSSR count). The molecule has 0 aliphatic carbocycles. The third-order valence-corrected chi connectivity index (χ3v) is 2.90. The minimum atomic E-state index is -1.69. The molecule has 1 aromatic rings. The van der Waals surface area contributed by atoms with E-state index in [1.165, 1.54) is 0 Å². The summed E-state index contributed by atoms with van der Waals surface area (Å²) in [6.07, 6.45) is -0.543. The number of hydrogen-bond donors (Lipinski definition) is 2. The lowest BCUT2D eigenvalue weighted by Crippen LogP contribution is -2.38. The number of hydrogen-bond acceptors (Lipinski definition) is 3. The second-order valence-corrected chi connectivity index (χ2v) is 4.19. The highest BCUT2D eigenvalue weighted by molar-refractivity contribution is 5.89. The van der Waals surface area contributed by atoms with Gasteiger partial charge in [-0.3, -0.25) is 9.59 Å². The second-order valence-electron chi connectivity index (χ2n) is 4.19. The van der Waals surface area contributed by atoms with Crippen molar-refractivity contribution in [3.63, 3.8) is 0 Å². The van der Waals surface area contributed by atoms with Crippen molar-refractivity contribution in [2.45, 2.75) is 25.2 Å². The Hall–Kier alpha value is -2.17. The van der Waals surface area contributed by atoms with E-state index in [-0.39, 0.29) is 6.42 Å². The number of rotatable bonds is 6. The first-order valence-corrected chi connectivity index (χ1v) is 5.38. The highest BCUT2D eigenvalue weighted by atomic mass is 16.4. The van der Waals surface area contributed by atoms with E-state index in [4.69, 9.17) is 5.11 Å². The lowest BCUT2D eigenvalue weighted by molar-refractivity contribution is -0.151. The van der Waals surface area contributed by atoms with E-state index >= 15 is 0 Å². The largest absolute Gasteiger partial charge is 0.481 e. The smallest absolute Gasteiger partial charge is 0.315 e. The van der Waals surface area contributed by atoms with Crippen molar-refractivity contribution in [3.8, 4) is 0 Å². The van der Waals surface area contributed by atoms with Crippen LogP contribution in [0.25, 0.3) is 0 Å². The Morgan fingerprint density at radius 2 is 1.78 bits per heavy atom. The summed E-state index contributed by atoms with van der Waals surface area (Å²) in [4.78, 5) is 33.0. The fourth-order valence-electron chi connectivity index (χ4n) is 1.85. The number of aldehydes is 1. The van der Waals surface area contributed by atoms with Crippen LogP contribution < -0.4 is 0 Å². The second kappa shape index (κ2) is 5.44. The van der Waals surface area contributed by atoms with E-state index in [2.05, 4.69) is 0 Å². The van der Waals surface area contributed by atoms with Crippen LogP contribution in [0.4, 0.5) is 0 Å². The first-order chi connectivity index (χ1) is 8.42. The fourth-order valence-corrected chi connectivity index (χ4v) is 1.85. The zero-order valence-electron chi connectivity index (χ0n) is 9.92. The molecule has 1 aromatic carbocycles. The van der Waals surface area contributed by atoms with Gasteiger partial charge >= 0.3 is 11.9 Å². The average molecular weight is 250 g/mol. The maximum absolute atomic E-state index is 11.4. The van der Waals surface area contributed by atoms with Gasteiger partial charge in [0.05, 0.1) is 6.42 Å². The van der Waals surface area contributed by atoms with Crippen molar-refractivity contribution in [3.05, 3.63) is 35.4 Å². The van der Waals surface area contributed by atoms with Crippen LogP contribution in [-0.4, -0.2) is 28.4 Å². The minimum absolute atomic E-state index is 0.329. The maximum atomic E-state index is 11.4. The predicted molar refractivity (Wildman–Crippen MR) is 63.4 cm³/mol. The molecule has 2 N–H and O–H groups in total. The fraction of sp³-hybridized carbons (Fsp3) is 0.308. The maximum Gasteiger partial charge on any atom is 0.315 e. The Bertz CT molecular complexity index is 463. The molecule has 5 nitrogen and oxygen atoms in total. The standard InChI is InChI=1S/C13H14O5/c1-9-2-4-10(5-3-9)13(6-7-14,12(17)18)8-11(15)16/h2-5,7H,6,8H2,1H3,(H,15,16)(H,17,18). The van der Waals surface area contributed by atoms with Gasteiger partial charge in [-0.05, 0) is 12.5 Å². The lowest BCUT2D eigenvalue weighted by atomic mass is 9.75. The molecule has 18 heavy (non-hydrogen) atoms. The number of carbonyl (C=O) groups excluding carboxylic acids is 1. The summed E-state index contributed by atoms with van der Waals surface area (Å²) in [7, 11) is 0. The van der Waals surface area contributed by atoms with Crippen LogP contribution in [-0.2, 0) is 19.8 Å². The first-order valence-electron chi connectivity index (χ1n) is 5.38. The molecular formula is C13H14O5. The van der Waals surface area contributed by atoms with E-state index in [0.717, 1.165) is 5.56 Å². The van der Waals surface area contributed by atoms with E-state index < -0.39 is 23.8 Å². The van der Waals surface area contributed by atoms with Gasteiger partial charge in [0, 0.05) is 6.42 Å². The summed E-state index contributed by atoms with van der Waals surface area (Å²) in [6.45, 7) is 1.84.